The van der Waals surface area contributed by atoms with E-state index in [1.807, 2.05) is 19.2 Å². The number of alkyl halides is 2. The lowest BCUT2D eigenvalue weighted by Crippen LogP contribution is -2.23. The van der Waals surface area contributed by atoms with E-state index >= 15 is 0 Å². The zero-order valence-corrected chi connectivity index (χ0v) is 15.9. The molecule has 1 aliphatic carbocycles. The second-order valence-electron chi connectivity index (χ2n) is 7.14. The first kappa shape index (κ1) is 19.2. The maximum Gasteiger partial charge on any atom is 0.387 e. The quantitative estimate of drug-likeness (QED) is 0.420. The number of benzene rings is 1. The van der Waals surface area contributed by atoms with Crippen LogP contribution in [0.4, 0.5) is 8.78 Å². The molecular weight excluding hydrogens is 380 g/mol. The molecule has 1 fully saturated rings. The van der Waals surface area contributed by atoms with E-state index in [4.69, 9.17) is 4.74 Å². The fourth-order valence-corrected chi connectivity index (χ4v) is 3.03. The van der Waals surface area contributed by atoms with Crippen LogP contribution in [0.2, 0.25) is 0 Å². The van der Waals surface area contributed by atoms with Crippen molar-refractivity contribution in [3.8, 4) is 22.8 Å². The highest BCUT2D eigenvalue weighted by Gasteiger charge is 2.23. The number of ether oxygens (including phenoxy) is 2. The Morgan fingerprint density at radius 1 is 1.17 bits per heavy atom. The third-order valence-electron chi connectivity index (χ3n) is 4.94. The summed E-state index contributed by atoms with van der Waals surface area (Å²) < 4.78 is 38.3. The molecule has 29 heavy (non-hydrogen) atoms. The first-order valence-corrected chi connectivity index (χ1v) is 9.45. The second-order valence-corrected chi connectivity index (χ2v) is 7.14. The lowest BCUT2D eigenvalue weighted by molar-refractivity contribution is -0.605. The molecule has 0 bridgehead atoms. The molecule has 0 radical (unpaired) electrons. The van der Waals surface area contributed by atoms with Gasteiger partial charge in [0, 0.05) is 23.9 Å². The van der Waals surface area contributed by atoms with Gasteiger partial charge in [0.2, 0.25) is 0 Å². The summed E-state index contributed by atoms with van der Waals surface area (Å²) in [5.41, 5.74) is 2.43. The van der Waals surface area contributed by atoms with Crippen LogP contribution in [0.5, 0.6) is 11.5 Å². The van der Waals surface area contributed by atoms with Crippen LogP contribution in [0.25, 0.3) is 11.3 Å². The zero-order chi connectivity index (χ0) is 20.4. The Hall–Kier alpha value is -3.16. The Morgan fingerprint density at radius 3 is 2.62 bits per heavy atom. The normalized spacial score (nSPS) is 14.8. The van der Waals surface area contributed by atoms with Gasteiger partial charge in [-0.15, -0.1) is 0 Å². The van der Waals surface area contributed by atoms with Gasteiger partial charge in [0.1, 0.15) is 0 Å². The van der Waals surface area contributed by atoms with Crippen LogP contribution >= 0.6 is 0 Å². The molecule has 0 amide bonds. The summed E-state index contributed by atoms with van der Waals surface area (Å²) in [6.07, 6.45) is 6.88. The average Bonchev–Trinajstić information content (AvgIpc) is 3.41. The van der Waals surface area contributed by atoms with Gasteiger partial charge in [-0.1, -0.05) is 6.07 Å². The summed E-state index contributed by atoms with van der Waals surface area (Å²) in [5, 5.41) is 15.8. The molecule has 2 aromatic heterocycles. The number of pyridine rings is 1. The van der Waals surface area contributed by atoms with E-state index in [2.05, 4.69) is 9.84 Å². The van der Waals surface area contributed by atoms with E-state index in [9.17, 15) is 14.0 Å². The van der Waals surface area contributed by atoms with Gasteiger partial charge >= 0.3 is 6.61 Å². The maximum absolute atomic E-state index is 12.7. The predicted octanol–water partition coefficient (Wildman–Crippen LogP) is 4.18. The molecular formula is C21H21F2N3O3. The van der Waals surface area contributed by atoms with Crippen molar-refractivity contribution in [3.05, 3.63) is 65.8 Å². The van der Waals surface area contributed by atoms with E-state index in [0.717, 1.165) is 34.4 Å². The van der Waals surface area contributed by atoms with Gasteiger partial charge < -0.3 is 14.7 Å². The first-order chi connectivity index (χ1) is 14.0. The van der Waals surface area contributed by atoms with Crippen LogP contribution in [0.3, 0.4) is 0 Å². The molecule has 1 saturated carbocycles. The molecule has 1 aliphatic rings. The van der Waals surface area contributed by atoms with Gasteiger partial charge in [0.25, 0.3) is 0 Å². The number of halogens is 2. The van der Waals surface area contributed by atoms with Gasteiger partial charge in [-0.25, -0.2) is 0 Å². The van der Waals surface area contributed by atoms with Crippen molar-refractivity contribution >= 4 is 0 Å². The molecule has 6 nitrogen and oxygen atoms in total. The van der Waals surface area contributed by atoms with E-state index in [0.29, 0.717) is 18.3 Å². The van der Waals surface area contributed by atoms with E-state index in [1.54, 1.807) is 28.9 Å². The monoisotopic (exact) mass is 401 g/mol. The largest absolute Gasteiger partial charge is 0.619 e. The van der Waals surface area contributed by atoms with Crippen LogP contribution in [0.15, 0.2) is 55.0 Å². The van der Waals surface area contributed by atoms with Crippen molar-refractivity contribution < 1.29 is 23.0 Å². The fraction of sp³-hybridized carbons (Fsp3) is 0.333. The second kappa shape index (κ2) is 8.06. The number of aromatic nitrogens is 3. The van der Waals surface area contributed by atoms with Crippen molar-refractivity contribution in [3.63, 3.8) is 0 Å². The summed E-state index contributed by atoms with van der Waals surface area (Å²) in [5.74, 6) is 0.841. The first-order valence-electron chi connectivity index (χ1n) is 9.45. The van der Waals surface area contributed by atoms with Gasteiger partial charge in [-0.05, 0) is 49.4 Å². The summed E-state index contributed by atoms with van der Waals surface area (Å²) >= 11 is 0. The number of hydrogen-bond acceptors (Lipinski definition) is 4. The summed E-state index contributed by atoms with van der Waals surface area (Å²) in [7, 11) is 0. The van der Waals surface area contributed by atoms with Gasteiger partial charge in [0.05, 0.1) is 18.3 Å². The van der Waals surface area contributed by atoms with Gasteiger partial charge in [0.15, 0.2) is 23.9 Å². The minimum absolute atomic E-state index is 0.0351. The summed E-state index contributed by atoms with van der Waals surface area (Å²) in [4.78, 5) is 0. The molecule has 152 valence electrons. The van der Waals surface area contributed by atoms with Crippen LogP contribution in [0, 0.1) is 11.1 Å². The molecule has 0 N–H and O–H groups in total. The molecule has 8 heteroatoms. The van der Waals surface area contributed by atoms with Crippen LogP contribution < -0.4 is 14.2 Å². The van der Waals surface area contributed by atoms with E-state index in [-0.39, 0.29) is 11.8 Å². The highest BCUT2D eigenvalue weighted by Crippen LogP contribution is 2.35. The summed E-state index contributed by atoms with van der Waals surface area (Å²) in [6, 6.07) is 10.1. The maximum atomic E-state index is 12.7. The highest BCUT2D eigenvalue weighted by atomic mass is 19.3. The van der Waals surface area contributed by atoms with Crippen molar-refractivity contribution in [1.29, 1.82) is 0 Å². The SMILES string of the molecule is CC(c1ccc(OC(F)F)c(OCC2CC2)c1)n1ccc(-c2cc[n+]([O-])cc2)n1. The van der Waals surface area contributed by atoms with Gasteiger partial charge in [-0.2, -0.15) is 18.6 Å². The number of rotatable bonds is 8. The number of hydrogen-bond donors (Lipinski definition) is 0. The van der Waals surface area contributed by atoms with Gasteiger partial charge in [-0.3, -0.25) is 4.68 Å². The smallest absolute Gasteiger partial charge is 0.387 e. The minimum Gasteiger partial charge on any atom is -0.619 e. The Balaban J connectivity index is 1.56. The Kier molecular flexibility index (Phi) is 5.33. The van der Waals surface area contributed by atoms with Crippen molar-refractivity contribution in [2.75, 3.05) is 6.61 Å². The Morgan fingerprint density at radius 2 is 1.93 bits per heavy atom. The fourth-order valence-electron chi connectivity index (χ4n) is 3.03. The Labute approximate surface area is 166 Å². The minimum atomic E-state index is -2.91. The zero-order valence-electron chi connectivity index (χ0n) is 15.9. The highest BCUT2D eigenvalue weighted by molar-refractivity contribution is 5.57. The standard InChI is InChI=1S/C21H21F2N3O3/c1-14(26-11-8-18(24-26)16-6-9-25(27)10-7-16)17-4-5-19(29-21(22)23)20(12-17)28-13-15-2-3-15/h4-12,14-15,21H,2-3,13H2,1H3. The molecule has 0 aliphatic heterocycles. The van der Waals surface area contributed by atoms with Crippen LogP contribution in [-0.4, -0.2) is 23.0 Å². The van der Waals surface area contributed by atoms with Crippen molar-refractivity contribution in [2.24, 2.45) is 5.92 Å². The lowest BCUT2D eigenvalue weighted by Gasteiger charge is -2.17. The molecule has 3 aromatic rings. The average molecular weight is 401 g/mol. The van der Waals surface area contributed by atoms with E-state index < -0.39 is 6.61 Å². The van der Waals surface area contributed by atoms with Crippen molar-refractivity contribution in [1.82, 2.24) is 9.78 Å². The third-order valence-corrected chi connectivity index (χ3v) is 4.94. The van der Waals surface area contributed by atoms with Crippen LogP contribution in [0.1, 0.15) is 31.4 Å². The summed E-state index contributed by atoms with van der Waals surface area (Å²) in [6.45, 7) is -0.452. The molecule has 2 heterocycles. The van der Waals surface area contributed by atoms with Crippen molar-refractivity contribution in [2.45, 2.75) is 32.4 Å². The topological polar surface area (TPSA) is 63.2 Å². The number of nitrogens with zero attached hydrogens (tertiary/aromatic N) is 3. The molecule has 0 saturated heterocycles. The molecule has 0 spiro atoms. The van der Waals surface area contributed by atoms with Crippen LogP contribution in [-0.2, 0) is 0 Å². The Bertz CT molecular complexity index is 972. The van der Waals surface area contributed by atoms with E-state index in [1.165, 1.54) is 18.5 Å². The molecule has 1 aromatic carbocycles. The molecule has 1 unspecified atom stereocenters. The lowest BCUT2D eigenvalue weighted by atomic mass is 10.1. The molecule has 4 rings (SSSR count). The third kappa shape index (κ3) is 4.64. The molecule has 1 atom stereocenters. The predicted molar refractivity (Wildman–Crippen MR) is 102 cm³/mol.